The molecule has 2 aliphatic rings. The standard InChI is InChI=1S/C17H20ClF2N3O2/c1-22(2)15(24)5-10-8-23(14-4-3-11(18)6-12(10)14)16(25)13-7-17(19,20)9-21-13/h3-4,6,10,13,21H,5,7-9H2,1-2H3. The number of carbonyl (C=O) groups is 2. The molecule has 0 bridgehead atoms. The minimum absolute atomic E-state index is 0.0595. The fourth-order valence-corrected chi connectivity index (χ4v) is 3.55. The van der Waals surface area contributed by atoms with Crippen molar-refractivity contribution >= 4 is 29.1 Å². The molecule has 136 valence electrons. The van der Waals surface area contributed by atoms with Crippen LogP contribution in [0.1, 0.15) is 24.3 Å². The summed E-state index contributed by atoms with van der Waals surface area (Å²) in [6, 6.07) is 4.20. The summed E-state index contributed by atoms with van der Waals surface area (Å²) in [5, 5.41) is 3.11. The molecule has 0 radical (unpaired) electrons. The van der Waals surface area contributed by atoms with E-state index >= 15 is 0 Å². The fraction of sp³-hybridized carbons (Fsp3) is 0.529. The molecular formula is C17H20ClF2N3O2. The summed E-state index contributed by atoms with van der Waals surface area (Å²) in [6.45, 7) is -0.203. The van der Waals surface area contributed by atoms with Crippen molar-refractivity contribution in [3.05, 3.63) is 28.8 Å². The molecular weight excluding hydrogens is 352 g/mol. The van der Waals surface area contributed by atoms with Crippen LogP contribution in [0.3, 0.4) is 0 Å². The van der Waals surface area contributed by atoms with Crippen LogP contribution in [0, 0.1) is 0 Å². The molecule has 2 amide bonds. The monoisotopic (exact) mass is 371 g/mol. The van der Waals surface area contributed by atoms with Gasteiger partial charge in [-0.05, 0) is 23.8 Å². The number of hydrogen-bond donors (Lipinski definition) is 1. The molecule has 2 aliphatic heterocycles. The van der Waals surface area contributed by atoms with Gasteiger partial charge in [0.15, 0.2) is 0 Å². The first kappa shape index (κ1) is 18.1. The van der Waals surface area contributed by atoms with Crippen LogP contribution >= 0.6 is 11.6 Å². The molecule has 5 nitrogen and oxygen atoms in total. The molecule has 25 heavy (non-hydrogen) atoms. The Hall–Kier alpha value is -1.73. The van der Waals surface area contributed by atoms with Gasteiger partial charge in [0, 0.05) is 50.1 Å². The number of benzene rings is 1. The summed E-state index contributed by atoms with van der Waals surface area (Å²) in [5.74, 6) is -3.52. The van der Waals surface area contributed by atoms with Crippen LogP contribution < -0.4 is 10.2 Å². The van der Waals surface area contributed by atoms with E-state index in [1.807, 2.05) is 0 Å². The van der Waals surface area contributed by atoms with Gasteiger partial charge < -0.3 is 9.80 Å². The van der Waals surface area contributed by atoms with Gasteiger partial charge in [-0.25, -0.2) is 8.78 Å². The Kier molecular flexibility index (Phi) is 4.72. The number of fused-ring (bicyclic) bond motifs is 1. The number of alkyl halides is 2. The third kappa shape index (κ3) is 3.62. The normalized spacial score (nSPS) is 24.3. The minimum Gasteiger partial charge on any atom is -0.349 e. The van der Waals surface area contributed by atoms with Crippen molar-refractivity contribution in [1.82, 2.24) is 10.2 Å². The smallest absolute Gasteiger partial charge is 0.262 e. The second-order valence-electron chi connectivity index (χ2n) is 6.83. The zero-order valence-electron chi connectivity index (χ0n) is 14.1. The zero-order valence-corrected chi connectivity index (χ0v) is 14.8. The number of anilines is 1. The average molecular weight is 372 g/mol. The second-order valence-corrected chi connectivity index (χ2v) is 7.27. The third-order valence-corrected chi connectivity index (χ3v) is 4.95. The summed E-state index contributed by atoms with van der Waals surface area (Å²) < 4.78 is 26.9. The van der Waals surface area contributed by atoms with Crippen molar-refractivity contribution in [3.63, 3.8) is 0 Å². The molecule has 0 aliphatic carbocycles. The highest BCUT2D eigenvalue weighted by molar-refractivity contribution is 6.30. The van der Waals surface area contributed by atoms with Crippen molar-refractivity contribution in [2.45, 2.75) is 30.7 Å². The van der Waals surface area contributed by atoms with Crippen LogP contribution in [-0.2, 0) is 9.59 Å². The predicted molar refractivity (Wildman–Crippen MR) is 91.2 cm³/mol. The van der Waals surface area contributed by atoms with E-state index in [2.05, 4.69) is 5.32 Å². The lowest BCUT2D eigenvalue weighted by Gasteiger charge is -2.22. The van der Waals surface area contributed by atoms with Gasteiger partial charge in [-0.15, -0.1) is 0 Å². The molecule has 2 unspecified atom stereocenters. The Balaban J connectivity index is 1.85. The summed E-state index contributed by atoms with van der Waals surface area (Å²) in [7, 11) is 3.34. The lowest BCUT2D eigenvalue weighted by Crippen LogP contribution is -2.43. The molecule has 0 saturated carbocycles. The van der Waals surface area contributed by atoms with Crippen LogP contribution in [0.15, 0.2) is 18.2 Å². The molecule has 1 aromatic carbocycles. The quantitative estimate of drug-likeness (QED) is 0.886. The highest BCUT2D eigenvalue weighted by Gasteiger charge is 2.45. The van der Waals surface area contributed by atoms with Crippen LogP contribution in [0.2, 0.25) is 5.02 Å². The molecule has 0 spiro atoms. The van der Waals surface area contributed by atoms with Crippen LogP contribution in [0.25, 0.3) is 0 Å². The van der Waals surface area contributed by atoms with Crippen LogP contribution in [0.5, 0.6) is 0 Å². The topological polar surface area (TPSA) is 52.7 Å². The van der Waals surface area contributed by atoms with E-state index in [4.69, 9.17) is 11.6 Å². The van der Waals surface area contributed by atoms with E-state index in [0.717, 1.165) is 5.56 Å². The first-order chi connectivity index (χ1) is 11.7. The number of nitrogens with one attached hydrogen (secondary N) is 1. The highest BCUT2D eigenvalue weighted by Crippen LogP contribution is 2.41. The first-order valence-electron chi connectivity index (χ1n) is 8.10. The van der Waals surface area contributed by atoms with Gasteiger partial charge in [-0.3, -0.25) is 14.9 Å². The number of carbonyl (C=O) groups excluding carboxylic acids is 2. The van der Waals surface area contributed by atoms with E-state index in [9.17, 15) is 18.4 Å². The summed E-state index contributed by atoms with van der Waals surface area (Å²) in [4.78, 5) is 27.8. The first-order valence-corrected chi connectivity index (χ1v) is 8.48. The molecule has 2 heterocycles. The summed E-state index contributed by atoms with van der Waals surface area (Å²) in [6.07, 6.45) is -0.273. The maximum Gasteiger partial charge on any atom is 0.262 e. The molecule has 1 saturated heterocycles. The maximum atomic E-state index is 13.4. The molecule has 3 rings (SSSR count). The Morgan fingerprint density at radius 1 is 1.40 bits per heavy atom. The van der Waals surface area contributed by atoms with Crippen LogP contribution in [0.4, 0.5) is 14.5 Å². The van der Waals surface area contributed by atoms with E-state index in [0.29, 0.717) is 10.7 Å². The van der Waals surface area contributed by atoms with Gasteiger partial charge >= 0.3 is 0 Å². The van der Waals surface area contributed by atoms with Gasteiger partial charge in [0.1, 0.15) is 0 Å². The molecule has 8 heteroatoms. The van der Waals surface area contributed by atoms with Crippen molar-refractivity contribution in [2.24, 2.45) is 0 Å². The minimum atomic E-state index is -2.87. The number of amides is 2. The Labute approximate surface area is 149 Å². The van der Waals surface area contributed by atoms with Gasteiger partial charge in [-0.2, -0.15) is 0 Å². The lowest BCUT2D eigenvalue weighted by molar-refractivity contribution is -0.129. The zero-order chi connectivity index (χ0) is 18.4. The third-order valence-electron chi connectivity index (χ3n) is 4.72. The number of halogens is 3. The van der Waals surface area contributed by atoms with E-state index in [1.54, 1.807) is 32.3 Å². The van der Waals surface area contributed by atoms with Gasteiger partial charge in [0.2, 0.25) is 11.8 Å². The van der Waals surface area contributed by atoms with Crippen LogP contribution in [-0.4, -0.2) is 55.9 Å². The second kappa shape index (κ2) is 6.53. The number of rotatable bonds is 3. The Morgan fingerprint density at radius 3 is 2.72 bits per heavy atom. The van der Waals surface area contributed by atoms with Crippen molar-refractivity contribution in [1.29, 1.82) is 0 Å². The van der Waals surface area contributed by atoms with Gasteiger partial charge in [0.05, 0.1) is 12.6 Å². The Bertz CT molecular complexity index is 711. The molecule has 1 N–H and O–H groups in total. The highest BCUT2D eigenvalue weighted by atomic mass is 35.5. The van der Waals surface area contributed by atoms with E-state index in [1.165, 1.54) is 9.80 Å². The summed E-state index contributed by atoms with van der Waals surface area (Å²) in [5.41, 5.74) is 1.45. The number of nitrogens with zero attached hydrogens (tertiary/aromatic N) is 2. The maximum absolute atomic E-state index is 13.4. The predicted octanol–water partition coefficient (Wildman–Crippen LogP) is 2.25. The van der Waals surface area contributed by atoms with Crippen molar-refractivity contribution in [2.75, 3.05) is 32.1 Å². The van der Waals surface area contributed by atoms with Crippen molar-refractivity contribution < 1.29 is 18.4 Å². The van der Waals surface area contributed by atoms with Crippen molar-refractivity contribution in [3.8, 4) is 0 Å². The lowest BCUT2D eigenvalue weighted by atomic mass is 9.97. The fourth-order valence-electron chi connectivity index (χ4n) is 3.37. The average Bonchev–Trinajstić information content (AvgIpc) is 3.07. The molecule has 1 aromatic rings. The largest absolute Gasteiger partial charge is 0.349 e. The van der Waals surface area contributed by atoms with Gasteiger partial charge in [-0.1, -0.05) is 11.6 Å². The Morgan fingerprint density at radius 2 is 2.12 bits per heavy atom. The molecule has 2 atom stereocenters. The SMILES string of the molecule is CN(C)C(=O)CC1CN(C(=O)C2CC(F)(F)CN2)c2ccc(Cl)cc21. The van der Waals surface area contributed by atoms with E-state index < -0.39 is 24.9 Å². The molecule has 1 fully saturated rings. The van der Waals surface area contributed by atoms with Gasteiger partial charge in [0.25, 0.3) is 5.92 Å². The summed E-state index contributed by atoms with van der Waals surface area (Å²) >= 11 is 6.07. The van der Waals surface area contributed by atoms with E-state index in [-0.39, 0.29) is 30.7 Å². The number of hydrogen-bond acceptors (Lipinski definition) is 3. The molecule has 0 aromatic heterocycles.